The highest BCUT2D eigenvalue weighted by Crippen LogP contribution is 2.68. The van der Waals surface area contributed by atoms with Gasteiger partial charge in [-0.05, 0) is 78.6 Å². The standard InChI is InChI=1S/C24H39NO/c1-15-14-19-24(6,13-11-20(26)25(19)7)17-10-12-23(5)16(21(15)17)8-9-18(23)22(2,3)4/h11,13,15-19,21H,8-10,12,14H2,1-7H3/t15?,16-,17+,18?,19?,21-,23-,24+/m0/s1. The van der Waals surface area contributed by atoms with Crippen LogP contribution >= 0.6 is 0 Å². The predicted octanol–water partition coefficient (Wildman–Crippen LogP) is 5.53. The van der Waals surface area contributed by atoms with Gasteiger partial charge in [0, 0.05) is 18.5 Å². The molecule has 3 fully saturated rings. The highest BCUT2D eigenvalue weighted by atomic mass is 16.2. The van der Waals surface area contributed by atoms with E-state index >= 15 is 0 Å². The Morgan fingerprint density at radius 1 is 1.12 bits per heavy atom. The predicted molar refractivity (Wildman–Crippen MR) is 108 cm³/mol. The number of rotatable bonds is 0. The first-order valence-electron chi connectivity index (χ1n) is 11.0. The lowest BCUT2D eigenvalue weighted by Gasteiger charge is -2.62. The second-order valence-electron chi connectivity index (χ2n) is 11.7. The van der Waals surface area contributed by atoms with Crippen molar-refractivity contribution >= 4 is 5.91 Å². The van der Waals surface area contributed by atoms with Gasteiger partial charge >= 0.3 is 0 Å². The molecule has 3 saturated carbocycles. The Hall–Kier alpha value is -0.790. The van der Waals surface area contributed by atoms with Crippen LogP contribution in [0.2, 0.25) is 0 Å². The molecule has 0 spiro atoms. The fourth-order valence-corrected chi connectivity index (χ4v) is 8.48. The van der Waals surface area contributed by atoms with Crippen molar-refractivity contribution in [3.05, 3.63) is 12.2 Å². The van der Waals surface area contributed by atoms with Gasteiger partial charge in [0.2, 0.25) is 5.91 Å². The first-order valence-corrected chi connectivity index (χ1v) is 11.0. The molecule has 0 aromatic carbocycles. The van der Waals surface area contributed by atoms with Gasteiger partial charge in [0.1, 0.15) is 0 Å². The number of fused-ring (bicyclic) bond motifs is 5. The van der Waals surface area contributed by atoms with Crippen LogP contribution in [0.4, 0.5) is 0 Å². The van der Waals surface area contributed by atoms with E-state index in [1.165, 1.54) is 32.1 Å². The number of carbonyl (C=O) groups is 1. The van der Waals surface area contributed by atoms with Crippen molar-refractivity contribution in [2.24, 2.45) is 45.8 Å². The van der Waals surface area contributed by atoms with Gasteiger partial charge in [-0.1, -0.05) is 47.6 Å². The Balaban J connectivity index is 1.72. The lowest BCUT2D eigenvalue weighted by Crippen LogP contribution is -2.61. The van der Waals surface area contributed by atoms with Crippen molar-refractivity contribution in [3.8, 4) is 0 Å². The molecule has 1 heterocycles. The molecule has 3 unspecified atom stereocenters. The van der Waals surface area contributed by atoms with Gasteiger partial charge in [-0.3, -0.25) is 4.79 Å². The summed E-state index contributed by atoms with van der Waals surface area (Å²) in [6.07, 6.45) is 10.9. The zero-order chi connectivity index (χ0) is 19.1. The molecule has 0 N–H and O–H groups in total. The highest BCUT2D eigenvalue weighted by molar-refractivity contribution is 5.89. The smallest absolute Gasteiger partial charge is 0.246 e. The van der Waals surface area contributed by atoms with Gasteiger partial charge in [-0.2, -0.15) is 0 Å². The minimum absolute atomic E-state index is 0.168. The average Bonchev–Trinajstić information content (AvgIpc) is 2.91. The molecule has 146 valence electrons. The lowest BCUT2D eigenvalue weighted by atomic mass is 9.44. The molecule has 26 heavy (non-hydrogen) atoms. The van der Waals surface area contributed by atoms with Crippen LogP contribution in [0.5, 0.6) is 0 Å². The van der Waals surface area contributed by atoms with Gasteiger partial charge in [0.25, 0.3) is 0 Å². The fraction of sp³-hybridized carbons (Fsp3) is 0.875. The Labute approximate surface area is 160 Å². The molecular formula is C24H39NO. The molecule has 0 aromatic heterocycles. The van der Waals surface area contributed by atoms with Crippen LogP contribution in [-0.4, -0.2) is 23.9 Å². The Morgan fingerprint density at radius 2 is 1.81 bits per heavy atom. The lowest BCUT2D eigenvalue weighted by molar-refractivity contribution is -0.146. The van der Waals surface area contributed by atoms with E-state index in [9.17, 15) is 4.79 Å². The van der Waals surface area contributed by atoms with Crippen molar-refractivity contribution < 1.29 is 4.79 Å². The van der Waals surface area contributed by atoms with Gasteiger partial charge in [0.05, 0.1) is 0 Å². The number of hydrogen-bond acceptors (Lipinski definition) is 1. The second kappa shape index (κ2) is 5.61. The number of likely N-dealkylation sites (N-methyl/N-ethyl adjacent to an activating group) is 1. The summed E-state index contributed by atoms with van der Waals surface area (Å²) in [6, 6.07) is 0.389. The zero-order valence-electron chi connectivity index (χ0n) is 18.0. The van der Waals surface area contributed by atoms with Gasteiger partial charge in [-0.15, -0.1) is 0 Å². The third-order valence-electron chi connectivity index (χ3n) is 9.55. The Morgan fingerprint density at radius 3 is 2.46 bits per heavy atom. The van der Waals surface area contributed by atoms with E-state index < -0.39 is 0 Å². The van der Waals surface area contributed by atoms with Crippen molar-refractivity contribution in [1.82, 2.24) is 4.90 Å². The molecule has 4 aliphatic rings. The first-order chi connectivity index (χ1) is 12.0. The van der Waals surface area contributed by atoms with Crippen LogP contribution < -0.4 is 0 Å². The van der Waals surface area contributed by atoms with Gasteiger partial charge in [0.15, 0.2) is 0 Å². The summed E-state index contributed by atoms with van der Waals surface area (Å²) in [5.41, 5.74) is 1.09. The molecule has 0 bridgehead atoms. The summed E-state index contributed by atoms with van der Waals surface area (Å²) in [6.45, 7) is 15.0. The van der Waals surface area contributed by atoms with Crippen LogP contribution in [-0.2, 0) is 4.79 Å². The van der Waals surface area contributed by atoms with Crippen LogP contribution in [0, 0.1) is 45.8 Å². The van der Waals surface area contributed by atoms with E-state index in [2.05, 4.69) is 47.6 Å². The summed E-state index contributed by atoms with van der Waals surface area (Å²) in [4.78, 5) is 14.3. The first kappa shape index (κ1) is 18.6. The van der Waals surface area contributed by atoms with E-state index in [1.807, 2.05) is 18.0 Å². The number of nitrogens with zero attached hydrogens (tertiary/aromatic N) is 1. The van der Waals surface area contributed by atoms with Gasteiger partial charge in [-0.25, -0.2) is 0 Å². The minimum Gasteiger partial charge on any atom is -0.338 e. The molecule has 2 heteroatoms. The number of amides is 1. The second-order valence-corrected chi connectivity index (χ2v) is 11.7. The maximum Gasteiger partial charge on any atom is 0.246 e. The maximum absolute atomic E-state index is 12.3. The molecule has 2 nitrogen and oxygen atoms in total. The van der Waals surface area contributed by atoms with Crippen molar-refractivity contribution in [1.29, 1.82) is 0 Å². The SMILES string of the molecule is CC1CC2N(C)C(=O)C=C[C@]2(C)[C@@H]2CC[C@]3(C)C(C(C)(C)C)CC[C@H]3[C@H]12. The van der Waals surface area contributed by atoms with E-state index in [0.29, 0.717) is 16.9 Å². The summed E-state index contributed by atoms with van der Waals surface area (Å²) in [5.74, 6) is 4.21. The monoisotopic (exact) mass is 357 g/mol. The quantitative estimate of drug-likeness (QED) is 0.558. The molecule has 4 rings (SSSR count). The highest BCUT2D eigenvalue weighted by Gasteiger charge is 2.63. The van der Waals surface area contributed by atoms with Crippen LogP contribution in [0.15, 0.2) is 12.2 Å². The Kier molecular flexibility index (Phi) is 4.01. The minimum atomic E-state index is 0.168. The zero-order valence-corrected chi connectivity index (χ0v) is 18.0. The molecule has 0 aromatic rings. The number of hydrogen-bond donors (Lipinski definition) is 0. The van der Waals surface area contributed by atoms with Gasteiger partial charge < -0.3 is 4.90 Å². The van der Waals surface area contributed by atoms with Crippen LogP contribution in [0.25, 0.3) is 0 Å². The van der Waals surface area contributed by atoms with E-state index in [0.717, 1.165) is 29.6 Å². The molecule has 8 atom stereocenters. The summed E-state index contributed by atoms with van der Waals surface area (Å²) >= 11 is 0. The van der Waals surface area contributed by atoms with E-state index in [4.69, 9.17) is 0 Å². The molecule has 3 aliphatic carbocycles. The van der Waals surface area contributed by atoms with Crippen molar-refractivity contribution in [3.63, 3.8) is 0 Å². The third kappa shape index (κ3) is 2.32. The van der Waals surface area contributed by atoms with Crippen LogP contribution in [0.1, 0.15) is 73.6 Å². The largest absolute Gasteiger partial charge is 0.338 e. The molecule has 0 radical (unpaired) electrons. The van der Waals surface area contributed by atoms with Crippen molar-refractivity contribution in [2.75, 3.05) is 7.05 Å². The summed E-state index contributed by atoms with van der Waals surface area (Å²) in [7, 11) is 2.03. The van der Waals surface area contributed by atoms with Crippen LogP contribution in [0.3, 0.4) is 0 Å². The van der Waals surface area contributed by atoms with E-state index in [1.54, 1.807) is 0 Å². The molecule has 0 saturated heterocycles. The third-order valence-corrected chi connectivity index (χ3v) is 9.55. The normalized spacial score (nSPS) is 51.0. The summed E-state index contributed by atoms with van der Waals surface area (Å²) < 4.78 is 0. The maximum atomic E-state index is 12.3. The average molecular weight is 358 g/mol. The van der Waals surface area contributed by atoms with Crippen molar-refractivity contribution in [2.45, 2.75) is 79.7 Å². The topological polar surface area (TPSA) is 20.3 Å². The molecule has 1 amide bonds. The molecule has 1 aliphatic heterocycles. The number of carbonyl (C=O) groups excluding carboxylic acids is 1. The summed E-state index contributed by atoms with van der Waals surface area (Å²) in [5, 5.41) is 0. The Bertz CT molecular complexity index is 631. The molecular weight excluding hydrogens is 318 g/mol. The fourth-order valence-electron chi connectivity index (χ4n) is 8.48. The van der Waals surface area contributed by atoms with E-state index in [-0.39, 0.29) is 11.3 Å².